The highest BCUT2D eigenvalue weighted by Crippen LogP contribution is 2.44. The molecule has 0 aromatic carbocycles. The third-order valence-corrected chi connectivity index (χ3v) is 4.55. The lowest BCUT2D eigenvalue weighted by Crippen LogP contribution is -2.66. The number of carbonyl (C=O) groups is 1. The zero-order valence-electron chi connectivity index (χ0n) is 14.1. The summed E-state index contributed by atoms with van der Waals surface area (Å²) in [5, 5.41) is 11.0. The molecule has 0 aromatic rings. The predicted molar refractivity (Wildman–Crippen MR) is 80.1 cm³/mol. The minimum Gasteiger partial charge on any atom is -0.444 e. The molecule has 2 heterocycles. The number of hydrogen-bond donors (Lipinski definition) is 1. The van der Waals surface area contributed by atoms with Crippen LogP contribution in [0.2, 0.25) is 0 Å². The number of nitrogens with zero attached hydrogens (tertiary/aromatic N) is 1. The Hall–Kier alpha value is -0.810. The number of amides is 1. The molecule has 0 radical (unpaired) electrons. The summed E-state index contributed by atoms with van der Waals surface area (Å²) in [5.74, 6) is 0. The average molecular weight is 299 g/mol. The van der Waals surface area contributed by atoms with Crippen molar-refractivity contribution in [2.24, 2.45) is 5.41 Å². The molecule has 1 N–H and O–H groups in total. The minimum absolute atomic E-state index is 0.114. The van der Waals surface area contributed by atoms with Crippen molar-refractivity contribution in [1.29, 1.82) is 0 Å². The summed E-state index contributed by atoms with van der Waals surface area (Å²) in [4.78, 5) is 14.2. The van der Waals surface area contributed by atoms with Gasteiger partial charge in [0.15, 0.2) is 0 Å². The van der Waals surface area contributed by atoms with E-state index in [1.807, 2.05) is 41.5 Å². The highest BCUT2D eigenvalue weighted by atomic mass is 16.6. The van der Waals surface area contributed by atoms with Gasteiger partial charge >= 0.3 is 6.09 Å². The normalized spacial score (nSPS) is 33.8. The van der Waals surface area contributed by atoms with Gasteiger partial charge in [-0.2, -0.15) is 0 Å². The first-order valence-electron chi connectivity index (χ1n) is 7.74. The molecule has 5 nitrogen and oxygen atoms in total. The Morgan fingerprint density at radius 3 is 2.00 bits per heavy atom. The Morgan fingerprint density at radius 1 is 1.14 bits per heavy atom. The van der Waals surface area contributed by atoms with Crippen LogP contribution >= 0.6 is 0 Å². The number of fused-ring (bicyclic) bond motifs is 2. The van der Waals surface area contributed by atoms with Crippen LogP contribution < -0.4 is 0 Å². The van der Waals surface area contributed by atoms with E-state index >= 15 is 0 Å². The van der Waals surface area contributed by atoms with Gasteiger partial charge in [0.2, 0.25) is 0 Å². The van der Waals surface area contributed by atoms with Crippen LogP contribution in [0.5, 0.6) is 0 Å². The van der Waals surface area contributed by atoms with E-state index in [1.165, 1.54) is 0 Å². The van der Waals surface area contributed by atoms with Gasteiger partial charge in [-0.3, -0.25) is 4.90 Å². The molecule has 2 bridgehead atoms. The van der Waals surface area contributed by atoms with Gasteiger partial charge in [-0.1, -0.05) is 20.8 Å². The van der Waals surface area contributed by atoms with E-state index in [9.17, 15) is 9.90 Å². The Labute approximate surface area is 127 Å². The summed E-state index contributed by atoms with van der Waals surface area (Å²) in [6.07, 6.45) is 0.773. The van der Waals surface area contributed by atoms with Crippen LogP contribution in [-0.2, 0) is 9.47 Å². The Bertz CT molecular complexity index is 393. The van der Waals surface area contributed by atoms with Gasteiger partial charge in [0.25, 0.3) is 0 Å². The molecule has 2 unspecified atom stereocenters. The molecule has 2 saturated heterocycles. The number of morpholine rings is 1. The van der Waals surface area contributed by atoms with Gasteiger partial charge in [0, 0.05) is 0 Å². The van der Waals surface area contributed by atoms with Crippen molar-refractivity contribution in [3.05, 3.63) is 0 Å². The first-order valence-corrected chi connectivity index (χ1v) is 7.74. The molecule has 0 saturated carbocycles. The molecular formula is C16H29NO4. The molecule has 0 aliphatic carbocycles. The third kappa shape index (κ3) is 3.34. The van der Waals surface area contributed by atoms with Crippen LogP contribution in [0.4, 0.5) is 4.79 Å². The fourth-order valence-electron chi connectivity index (χ4n) is 3.20. The lowest BCUT2D eigenvalue weighted by Gasteiger charge is -2.55. The van der Waals surface area contributed by atoms with Crippen LogP contribution in [-0.4, -0.2) is 52.6 Å². The second-order valence-corrected chi connectivity index (χ2v) is 8.42. The Balaban J connectivity index is 2.19. The van der Waals surface area contributed by atoms with Crippen LogP contribution in [0.15, 0.2) is 0 Å². The Morgan fingerprint density at radius 2 is 1.62 bits per heavy atom. The summed E-state index contributed by atoms with van der Waals surface area (Å²) in [7, 11) is 0. The molecular weight excluding hydrogens is 270 g/mol. The maximum atomic E-state index is 12.5. The monoisotopic (exact) mass is 299 g/mol. The SMILES string of the molecule is CC(C)(C)OC(=O)N1C2COCC1CC(O)(C(C)(C)C)C2. The zero-order chi connectivity index (χ0) is 16.1. The number of aliphatic hydroxyl groups is 1. The third-order valence-electron chi connectivity index (χ3n) is 4.55. The number of piperidine rings is 1. The molecule has 5 heteroatoms. The van der Waals surface area contributed by atoms with Gasteiger partial charge in [-0.25, -0.2) is 4.79 Å². The molecule has 2 rings (SSSR count). The number of rotatable bonds is 0. The van der Waals surface area contributed by atoms with E-state index in [0.717, 1.165) is 0 Å². The van der Waals surface area contributed by atoms with E-state index in [-0.39, 0.29) is 23.6 Å². The van der Waals surface area contributed by atoms with E-state index in [2.05, 4.69) is 0 Å². The van der Waals surface area contributed by atoms with Crippen LogP contribution in [0, 0.1) is 5.41 Å². The minimum atomic E-state index is -0.773. The lowest BCUT2D eigenvalue weighted by molar-refractivity contribution is -0.172. The lowest BCUT2D eigenvalue weighted by atomic mass is 9.67. The largest absolute Gasteiger partial charge is 0.444 e. The van der Waals surface area contributed by atoms with Gasteiger partial charge in [0.1, 0.15) is 5.60 Å². The van der Waals surface area contributed by atoms with Gasteiger partial charge in [-0.05, 0) is 39.0 Å². The first-order chi connectivity index (χ1) is 9.43. The summed E-state index contributed by atoms with van der Waals surface area (Å²) >= 11 is 0. The highest BCUT2D eigenvalue weighted by Gasteiger charge is 2.53. The number of hydrogen-bond acceptors (Lipinski definition) is 4. The van der Waals surface area contributed by atoms with E-state index in [1.54, 1.807) is 4.90 Å². The number of ether oxygens (including phenoxy) is 2. The summed E-state index contributed by atoms with van der Waals surface area (Å²) < 4.78 is 11.1. The second-order valence-electron chi connectivity index (χ2n) is 8.42. The Kier molecular flexibility index (Phi) is 4.04. The fourth-order valence-corrected chi connectivity index (χ4v) is 3.20. The maximum absolute atomic E-state index is 12.5. The molecule has 21 heavy (non-hydrogen) atoms. The van der Waals surface area contributed by atoms with E-state index in [0.29, 0.717) is 26.1 Å². The van der Waals surface area contributed by atoms with Crippen molar-refractivity contribution < 1.29 is 19.4 Å². The molecule has 2 atom stereocenters. The highest BCUT2D eigenvalue weighted by molar-refractivity contribution is 5.69. The van der Waals surface area contributed by atoms with Gasteiger partial charge in [-0.15, -0.1) is 0 Å². The molecule has 2 fully saturated rings. The topological polar surface area (TPSA) is 59.0 Å². The summed E-state index contributed by atoms with van der Waals surface area (Å²) in [6, 6.07) is -0.229. The average Bonchev–Trinajstić information content (AvgIpc) is 2.23. The molecule has 0 aromatic heterocycles. The maximum Gasteiger partial charge on any atom is 0.410 e. The van der Waals surface area contributed by atoms with Crippen molar-refractivity contribution in [3.8, 4) is 0 Å². The first kappa shape index (κ1) is 16.6. The van der Waals surface area contributed by atoms with Crippen LogP contribution in [0.3, 0.4) is 0 Å². The smallest absolute Gasteiger partial charge is 0.410 e. The van der Waals surface area contributed by atoms with E-state index < -0.39 is 11.2 Å². The molecule has 0 spiro atoms. The molecule has 2 aliphatic heterocycles. The molecule has 2 aliphatic rings. The standard InChI is InChI=1S/C16H29NO4/c1-14(2,3)16(19)7-11-9-20-10-12(8-16)17(11)13(18)21-15(4,5)6/h11-12,19H,7-10H2,1-6H3. The van der Waals surface area contributed by atoms with Crippen molar-refractivity contribution in [3.63, 3.8) is 0 Å². The van der Waals surface area contributed by atoms with Crippen molar-refractivity contribution in [2.75, 3.05) is 13.2 Å². The van der Waals surface area contributed by atoms with Crippen molar-refractivity contribution >= 4 is 6.09 Å². The predicted octanol–water partition coefficient (Wildman–Crippen LogP) is 2.56. The molecule has 1 amide bonds. The second kappa shape index (κ2) is 5.13. The van der Waals surface area contributed by atoms with Gasteiger partial charge in [0.05, 0.1) is 30.9 Å². The van der Waals surface area contributed by atoms with Crippen molar-refractivity contribution in [2.45, 2.75) is 77.7 Å². The van der Waals surface area contributed by atoms with Gasteiger partial charge < -0.3 is 14.6 Å². The van der Waals surface area contributed by atoms with Crippen LogP contribution in [0.25, 0.3) is 0 Å². The fraction of sp³-hybridized carbons (Fsp3) is 0.938. The summed E-state index contributed by atoms with van der Waals surface area (Å²) in [5.41, 5.74) is -1.50. The molecule has 122 valence electrons. The number of carbonyl (C=O) groups excluding carboxylic acids is 1. The zero-order valence-corrected chi connectivity index (χ0v) is 14.1. The van der Waals surface area contributed by atoms with E-state index in [4.69, 9.17) is 9.47 Å². The summed E-state index contributed by atoms with van der Waals surface area (Å²) in [6.45, 7) is 12.7. The van der Waals surface area contributed by atoms with Crippen molar-refractivity contribution in [1.82, 2.24) is 4.90 Å². The van der Waals surface area contributed by atoms with Crippen LogP contribution in [0.1, 0.15) is 54.4 Å². The quantitative estimate of drug-likeness (QED) is 0.747.